The van der Waals surface area contributed by atoms with Gasteiger partial charge in [-0.15, -0.1) is 0 Å². The van der Waals surface area contributed by atoms with Crippen LogP contribution in [0.15, 0.2) is 63.7 Å². The van der Waals surface area contributed by atoms with Gasteiger partial charge in [0.2, 0.25) is 5.76 Å². The van der Waals surface area contributed by atoms with E-state index in [0.717, 1.165) is 5.75 Å². The molecule has 0 unspecified atom stereocenters. The first-order chi connectivity index (χ1) is 11.3. The molecular formula is C17H14N2O4. The Morgan fingerprint density at radius 1 is 1.13 bits per heavy atom. The smallest absolute Gasteiger partial charge is 0.276 e. The van der Waals surface area contributed by atoms with Crippen molar-refractivity contribution in [3.63, 3.8) is 0 Å². The Morgan fingerprint density at radius 2 is 1.96 bits per heavy atom. The Labute approximate surface area is 132 Å². The molecule has 1 aliphatic heterocycles. The zero-order valence-corrected chi connectivity index (χ0v) is 12.2. The molecule has 1 aromatic carbocycles. The highest BCUT2D eigenvalue weighted by Crippen LogP contribution is 2.23. The molecule has 23 heavy (non-hydrogen) atoms. The number of aromatic nitrogens is 1. The van der Waals surface area contributed by atoms with Gasteiger partial charge in [-0.05, 0) is 24.3 Å². The van der Waals surface area contributed by atoms with Gasteiger partial charge in [0.1, 0.15) is 11.9 Å². The van der Waals surface area contributed by atoms with Crippen LogP contribution in [0.2, 0.25) is 0 Å². The predicted molar refractivity (Wildman–Crippen MR) is 81.0 cm³/mol. The van der Waals surface area contributed by atoms with Crippen molar-refractivity contribution in [2.75, 3.05) is 13.1 Å². The molecule has 4 rings (SSSR count). The minimum Gasteiger partial charge on any atom is -0.487 e. The number of amides is 1. The van der Waals surface area contributed by atoms with Crippen LogP contribution in [0, 0.1) is 0 Å². The quantitative estimate of drug-likeness (QED) is 0.741. The van der Waals surface area contributed by atoms with E-state index in [-0.39, 0.29) is 17.7 Å². The number of carbonyl (C=O) groups excluding carboxylic acids is 1. The molecule has 3 aromatic rings. The number of nitrogens with zero attached hydrogens (tertiary/aromatic N) is 2. The average molecular weight is 310 g/mol. The lowest BCUT2D eigenvalue weighted by atomic mass is 10.1. The number of likely N-dealkylation sites (tertiary alicyclic amines) is 1. The van der Waals surface area contributed by atoms with Gasteiger partial charge in [-0.25, -0.2) is 0 Å². The fourth-order valence-electron chi connectivity index (χ4n) is 2.44. The van der Waals surface area contributed by atoms with Crippen molar-refractivity contribution in [3.8, 4) is 17.3 Å². The van der Waals surface area contributed by atoms with E-state index < -0.39 is 0 Å². The normalized spacial score (nSPS) is 14.5. The van der Waals surface area contributed by atoms with Crippen LogP contribution in [0.25, 0.3) is 11.5 Å². The van der Waals surface area contributed by atoms with Gasteiger partial charge < -0.3 is 18.6 Å². The Hall–Kier alpha value is -3.02. The first-order valence-electron chi connectivity index (χ1n) is 7.31. The molecule has 116 valence electrons. The molecule has 6 nitrogen and oxygen atoms in total. The van der Waals surface area contributed by atoms with Crippen LogP contribution in [-0.4, -0.2) is 35.2 Å². The van der Waals surface area contributed by atoms with E-state index in [1.54, 1.807) is 29.4 Å². The van der Waals surface area contributed by atoms with Crippen molar-refractivity contribution in [2.45, 2.75) is 6.10 Å². The van der Waals surface area contributed by atoms with Crippen molar-refractivity contribution in [1.29, 1.82) is 0 Å². The zero-order valence-electron chi connectivity index (χ0n) is 12.2. The van der Waals surface area contributed by atoms with Crippen molar-refractivity contribution in [1.82, 2.24) is 10.1 Å². The average Bonchev–Trinajstić information content (AvgIpc) is 3.21. The van der Waals surface area contributed by atoms with Crippen LogP contribution in [0.3, 0.4) is 0 Å². The first kappa shape index (κ1) is 13.6. The second kappa shape index (κ2) is 5.64. The van der Waals surface area contributed by atoms with Crippen LogP contribution in [-0.2, 0) is 0 Å². The van der Waals surface area contributed by atoms with Gasteiger partial charge in [0, 0.05) is 6.07 Å². The van der Waals surface area contributed by atoms with Gasteiger partial charge in [0.15, 0.2) is 11.5 Å². The summed E-state index contributed by atoms with van der Waals surface area (Å²) < 4.78 is 16.1. The number of furan rings is 1. The van der Waals surface area contributed by atoms with Crippen LogP contribution in [0.4, 0.5) is 0 Å². The molecule has 0 aliphatic carbocycles. The minimum atomic E-state index is -0.167. The molecular weight excluding hydrogens is 296 g/mol. The van der Waals surface area contributed by atoms with E-state index in [9.17, 15) is 4.79 Å². The number of para-hydroxylation sites is 1. The third kappa shape index (κ3) is 2.70. The summed E-state index contributed by atoms with van der Waals surface area (Å²) in [7, 11) is 0. The van der Waals surface area contributed by atoms with Crippen LogP contribution < -0.4 is 4.74 Å². The summed E-state index contributed by atoms with van der Waals surface area (Å²) in [5.74, 6) is 1.63. The molecule has 0 radical (unpaired) electrons. The summed E-state index contributed by atoms with van der Waals surface area (Å²) in [4.78, 5) is 14.0. The Morgan fingerprint density at radius 3 is 2.70 bits per heavy atom. The van der Waals surface area contributed by atoms with Gasteiger partial charge in [-0.3, -0.25) is 4.79 Å². The maximum absolute atomic E-state index is 12.3. The molecule has 3 heterocycles. The number of rotatable bonds is 4. The maximum atomic E-state index is 12.3. The molecule has 0 N–H and O–H groups in total. The molecule has 0 atom stereocenters. The Kier molecular flexibility index (Phi) is 3.34. The molecule has 1 fully saturated rings. The lowest BCUT2D eigenvalue weighted by Gasteiger charge is -2.38. The topological polar surface area (TPSA) is 68.7 Å². The van der Waals surface area contributed by atoms with Crippen molar-refractivity contribution < 1.29 is 18.5 Å². The summed E-state index contributed by atoms with van der Waals surface area (Å²) in [6, 6.07) is 14.7. The minimum absolute atomic E-state index is 0.0118. The first-order valence-corrected chi connectivity index (χ1v) is 7.31. The lowest BCUT2D eigenvalue weighted by Crippen LogP contribution is -2.56. The Balaban J connectivity index is 1.36. The SMILES string of the molecule is O=C(c1cc(-c2ccco2)on1)N1CC(Oc2ccccc2)C1. The van der Waals surface area contributed by atoms with Gasteiger partial charge >= 0.3 is 0 Å². The monoisotopic (exact) mass is 310 g/mol. The number of hydrogen-bond acceptors (Lipinski definition) is 5. The summed E-state index contributed by atoms with van der Waals surface area (Å²) in [5.41, 5.74) is 0.273. The molecule has 2 aromatic heterocycles. The summed E-state index contributed by atoms with van der Waals surface area (Å²) in [5, 5.41) is 3.82. The predicted octanol–water partition coefficient (Wildman–Crippen LogP) is 2.84. The van der Waals surface area contributed by atoms with Crippen LogP contribution >= 0.6 is 0 Å². The zero-order chi connectivity index (χ0) is 15.6. The number of carbonyl (C=O) groups is 1. The van der Waals surface area contributed by atoms with Gasteiger partial charge in [0.25, 0.3) is 5.91 Å². The molecule has 0 spiro atoms. The second-order valence-electron chi connectivity index (χ2n) is 5.32. The van der Waals surface area contributed by atoms with Crippen molar-refractivity contribution in [2.24, 2.45) is 0 Å². The van der Waals surface area contributed by atoms with E-state index in [1.165, 1.54) is 0 Å². The summed E-state index contributed by atoms with van der Waals surface area (Å²) >= 11 is 0. The molecule has 0 bridgehead atoms. The van der Waals surface area contributed by atoms with E-state index in [1.807, 2.05) is 30.3 Å². The standard InChI is InChI=1S/C17H14N2O4/c20-17(14-9-16(23-18-14)15-7-4-8-21-15)19-10-13(11-19)22-12-5-2-1-3-6-12/h1-9,13H,10-11H2. The molecule has 1 amide bonds. The number of hydrogen-bond donors (Lipinski definition) is 0. The van der Waals surface area contributed by atoms with Gasteiger partial charge in [0.05, 0.1) is 19.4 Å². The molecule has 1 aliphatic rings. The lowest BCUT2D eigenvalue weighted by molar-refractivity contribution is 0.0170. The maximum Gasteiger partial charge on any atom is 0.276 e. The number of benzene rings is 1. The summed E-state index contributed by atoms with van der Waals surface area (Å²) in [6.45, 7) is 1.08. The van der Waals surface area contributed by atoms with Crippen molar-refractivity contribution >= 4 is 5.91 Å². The molecule has 6 heteroatoms. The van der Waals surface area contributed by atoms with Crippen LogP contribution in [0.1, 0.15) is 10.5 Å². The van der Waals surface area contributed by atoms with Crippen molar-refractivity contribution in [3.05, 3.63) is 60.5 Å². The summed E-state index contributed by atoms with van der Waals surface area (Å²) in [6.07, 6.45) is 1.55. The fourth-order valence-corrected chi connectivity index (χ4v) is 2.44. The highest BCUT2D eigenvalue weighted by atomic mass is 16.5. The molecule has 1 saturated heterocycles. The third-order valence-corrected chi connectivity index (χ3v) is 3.67. The van der Waals surface area contributed by atoms with Crippen LogP contribution in [0.5, 0.6) is 5.75 Å². The second-order valence-corrected chi connectivity index (χ2v) is 5.32. The van der Waals surface area contributed by atoms with Gasteiger partial charge in [-0.1, -0.05) is 23.4 Å². The third-order valence-electron chi connectivity index (χ3n) is 3.67. The van der Waals surface area contributed by atoms with E-state index in [0.29, 0.717) is 24.6 Å². The highest BCUT2D eigenvalue weighted by Gasteiger charge is 2.34. The van der Waals surface area contributed by atoms with Gasteiger partial charge in [-0.2, -0.15) is 0 Å². The van der Waals surface area contributed by atoms with E-state index in [2.05, 4.69) is 5.16 Å². The molecule has 0 saturated carbocycles. The Bertz CT molecular complexity index is 789. The number of ether oxygens (including phenoxy) is 1. The fraction of sp³-hybridized carbons (Fsp3) is 0.176. The largest absolute Gasteiger partial charge is 0.487 e. The van der Waals surface area contributed by atoms with E-state index in [4.69, 9.17) is 13.7 Å². The highest BCUT2D eigenvalue weighted by molar-refractivity contribution is 5.93. The van der Waals surface area contributed by atoms with E-state index >= 15 is 0 Å².